The lowest BCUT2D eigenvalue weighted by atomic mass is 9.89. The van der Waals surface area contributed by atoms with Crippen LogP contribution in [-0.2, 0) is 18.8 Å². The van der Waals surface area contributed by atoms with Gasteiger partial charge in [-0.15, -0.1) is 0 Å². The van der Waals surface area contributed by atoms with E-state index < -0.39 is 13.9 Å². The molecule has 0 spiro atoms. The molecule has 0 bridgehead atoms. The number of anilines is 1. The molecule has 1 saturated heterocycles. The third-order valence-electron chi connectivity index (χ3n) is 5.40. The number of rotatable bonds is 9. The fourth-order valence-electron chi connectivity index (χ4n) is 2.52. The van der Waals surface area contributed by atoms with Crippen LogP contribution in [0.3, 0.4) is 0 Å². The molecule has 0 saturated carbocycles. The van der Waals surface area contributed by atoms with Gasteiger partial charge in [-0.3, -0.25) is 9.59 Å². The highest BCUT2D eigenvalue weighted by molar-refractivity contribution is 6.74. The van der Waals surface area contributed by atoms with Crippen LogP contribution in [0.2, 0.25) is 18.1 Å². The van der Waals surface area contributed by atoms with Crippen molar-refractivity contribution >= 4 is 26.3 Å². The maximum Gasteiger partial charge on any atom is 0.257 e. The third-order valence-corrected chi connectivity index (χ3v) is 9.87. The molecule has 1 aliphatic heterocycles. The molecule has 1 aromatic carbocycles. The van der Waals surface area contributed by atoms with E-state index in [4.69, 9.17) is 13.9 Å². The largest absolute Gasteiger partial charge is 0.468 e. The van der Waals surface area contributed by atoms with Crippen LogP contribution >= 0.6 is 0 Å². The summed E-state index contributed by atoms with van der Waals surface area (Å²) >= 11 is 0. The van der Waals surface area contributed by atoms with Crippen molar-refractivity contribution in [2.75, 3.05) is 32.0 Å². The van der Waals surface area contributed by atoms with Crippen molar-refractivity contribution in [3.63, 3.8) is 0 Å². The summed E-state index contributed by atoms with van der Waals surface area (Å²) in [6, 6.07) is 7.17. The van der Waals surface area contributed by atoms with Gasteiger partial charge < -0.3 is 24.1 Å². The van der Waals surface area contributed by atoms with Gasteiger partial charge in [-0.25, -0.2) is 0 Å². The molecule has 7 nitrogen and oxygen atoms in total. The van der Waals surface area contributed by atoms with Gasteiger partial charge in [0.1, 0.15) is 5.75 Å². The van der Waals surface area contributed by atoms with Crippen LogP contribution in [0.1, 0.15) is 20.8 Å². The number of benzene rings is 1. The summed E-state index contributed by atoms with van der Waals surface area (Å²) in [6.07, 6.45) is 0.575. The van der Waals surface area contributed by atoms with E-state index in [1.807, 2.05) is 12.1 Å². The van der Waals surface area contributed by atoms with Crippen molar-refractivity contribution in [2.45, 2.75) is 44.4 Å². The Morgan fingerprint density at radius 2 is 1.89 bits per heavy atom. The summed E-state index contributed by atoms with van der Waals surface area (Å²) in [5.41, 5.74) is -0.247. The predicted molar refractivity (Wildman–Crippen MR) is 106 cm³/mol. The van der Waals surface area contributed by atoms with Crippen molar-refractivity contribution in [1.29, 1.82) is 0 Å². The lowest BCUT2D eigenvalue weighted by Gasteiger charge is -2.49. The maximum absolute atomic E-state index is 12.9. The maximum atomic E-state index is 12.9. The van der Waals surface area contributed by atoms with Crippen molar-refractivity contribution < 1.29 is 23.5 Å². The average Bonchev–Trinajstić information content (AvgIpc) is 2.61. The number of β-lactam (4-membered cyclic amide) rings is 1. The zero-order valence-corrected chi connectivity index (χ0v) is 18.0. The highest BCUT2D eigenvalue weighted by Crippen LogP contribution is 2.38. The highest BCUT2D eigenvalue weighted by atomic mass is 28.4. The van der Waals surface area contributed by atoms with E-state index >= 15 is 0 Å². The molecule has 150 valence electrons. The molecule has 27 heavy (non-hydrogen) atoms. The number of ether oxygens (including phenoxy) is 2. The number of methoxy groups -OCH3 is 1. The van der Waals surface area contributed by atoms with Crippen molar-refractivity contribution in [1.82, 2.24) is 5.32 Å². The topological polar surface area (TPSA) is 77.1 Å². The second kappa shape index (κ2) is 8.00. The Labute approximate surface area is 162 Å². The Kier molecular flexibility index (Phi) is 6.34. The predicted octanol–water partition coefficient (Wildman–Crippen LogP) is 2.52. The molecule has 0 aromatic heterocycles. The Hall–Kier alpha value is -1.90. The third kappa shape index (κ3) is 4.51. The highest BCUT2D eigenvalue weighted by Gasteiger charge is 2.54. The minimum atomic E-state index is -2.03. The molecule has 2 amide bonds. The van der Waals surface area contributed by atoms with E-state index in [1.165, 1.54) is 0 Å². The molecular weight excluding hydrogens is 364 g/mol. The summed E-state index contributed by atoms with van der Waals surface area (Å²) < 4.78 is 16.4. The Morgan fingerprint density at radius 3 is 2.37 bits per heavy atom. The Bertz CT molecular complexity index is 672. The lowest BCUT2D eigenvalue weighted by molar-refractivity contribution is -0.135. The molecule has 1 fully saturated rings. The van der Waals surface area contributed by atoms with Crippen molar-refractivity contribution in [3.05, 3.63) is 24.3 Å². The number of hydrogen-bond acceptors (Lipinski definition) is 5. The average molecular weight is 395 g/mol. The van der Waals surface area contributed by atoms with Gasteiger partial charge in [0.25, 0.3) is 5.91 Å². The number of nitrogens with one attached hydrogen (secondary N) is 1. The molecular formula is C19H30N2O5Si. The fourth-order valence-corrected chi connectivity index (χ4v) is 3.56. The van der Waals surface area contributed by atoms with Crippen LogP contribution < -0.4 is 15.0 Å². The quantitative estimate of drug-likeness (QED) is 0.301. The minimum absolute atomic E-state index is 0.0277. The molecule has 1 heterocycles. The van der Waals surface area contributed by atoms with Crippen LogP contribution in [0.25, 0.3) is 0 Å². The second-order valence-electron chi connectivity index (χ2n) is 8.33. The number of carbonyl (C=O) groups is 2. The fraction of sp³-hybridized carbons (Fsp3) is 0.579. The summed E-state index contributed by atoms with van der Waals surface area (Å²) in [6.45, 7) is 11.4. The Morgan fingerprint density at radius 1 is 1.26 bits per heavy atom. The SMILES string of the molecule is COCOc1ccc(N2CC(CO[Si](C)(C)C(C)(C)C)(NC=O)C2=O)cc1. The molecule has 1 aliphatic rings. The Balaban J connectivity index is 2.07. The van der Waals surface area contributed by atoms with Crippen LogP contribution in [-0.4, -0.2) is 53.2 Å². The van der Waals surface area contributed by atoms with E-state index in [0.29, 0.717) is 18.7 Å². The molecule has 1 atom stereocenters. The van der Waals surface area contributed by atoms with E-state index in [1.54, 1.807) is 24.1 Å². The first-order valence-corrected chi connectivity index (χ1v) is 11.9. The summed E-state index contributed by atoms with van der Waals surface area (Å²) in [5, 5.41) is 2.72. The minimum Gasteiger partial charge on any atom is -0.468 e. The van der Waals surface area contributed by atoms with Gasteiger partial charge in [-0.2, -0.15) is 0 Å². The van der Waals surface area contributed by atoms with Gasteiger partial charge in [0.05, 0.1) is 13.2 Å². The van der Waals surface area contributed by atoms with Gasteiger partial charge in [-0.05, 0) is 42.4 Å². The molecule has 1 unspecified atom stereocenters. The van der Waals surface area contributed by atoms with Gasteiger partial charge in [0.15, 0.2) is 20.6 Å². The van der Waals surface area contributed by atoms with Gasteiger partial charge in [0.2, 0.25) is 6.41 Å². The number of nitrogens with zero attached hydrogens (tertiary/aromatic N) is 1. The second-order valence-corrected chi connectivity index (χ2v) is 13.1. The van der Waals surface area contributed by atoms with Crippen molar-refractivity contribution in [3.8, 4) is 5.75 Å². The first-order valence-electron chi connectivity index (χ1n) is 8.95. The van der Waals surface area contributed by atoms with Crippen LogP contribution in [0.4, 0.5) is 5.69 Å². The monoisotopic (exact) mass is 394 g/mol. The van der Waals surface area contributed by atoms with Gasteiger partial charge >= 0.3 is 0 Å². The molecule has 1 aromatic rings. The zero-order chi connectivity index (χ0) is 20.3. The van der Waals surface area contributed by atoms with E-state index in [-0.39, 0.29) is 24.3 Å². The summed E-state index contributed by atoms with van der Waals surface area (Å²) in [7, 11) is -0.478. The van der Waals surface area contributed by atoms with Crippen LogP contribution in [0, 0.1) is 0 Å². The first-order chi connectivity index (χ1) is 12.6. The number of amides is 2. The molecule has 0 aliphatic carbocycles. The standard InChI is InChI=1S/C19H30N2O5Si/c1-18(2,3)27(5,6)26-12-19(20-13-22)11-21(17(19)23)15-7-9-16(10-8-15)25-14-24-4/h7-10,13H,11-12,14H2,1-6H3,(H,20,22). The van der Waals surface area contributed by atoms with Crippen LogP contribution in [0.15, 0.2) is 24.3 Å². The number of hydrogen-bond donors (Lipinski definition) is 1. The molecule has 8 heteroatoms. The smallest absolute Gasteiger partial charge is 0.257 e. The zero-order valence-electron chi connectivity index (χ0n) is 17.0. The summed E-state index contributed by atoms with van der Waals surface area (Å²) in [4.78, 5) is 25.6. The van der Waals surface area contributed by atoms with Gasteiger partial charge in [0, 0.05) is 12.8 Å². The van der Waals surface area contributed by atoms with Gasteiger partial charge in [-0.1, -0.05) is 20.8 Å². The molecule has 2 rings (SSSR count). The van der Waals surface area contributed by atoms with E-state index in [0.717, 1.165) is 5.69 Å². The van der Waals surface area contributed by atoms with Crippen LogP contribution in [0.5, 0.6) is 5.75 Å². The van der Waals surface area contributed by atoms with E-state index in [9.17, 15) is 9.59 Å². The van der Waals surface area contributed by atoms with Crippen molar-refractivity contribution in [2.24, 2.45) is 0 Å². The lowest BCUT2D eigenvalue weighted by Crippen LogP contribution is -2.76. The molecule has 0 radical (unpaired) electrons. The summed E-state index contributed by atoms with van der Waals surface area (Å²) in [5.74, 6) is 0.492. The first kappa shape index (κ1) is 21.4. The normalized spacial score (nSPS) is 20.2. The van der Waals surface area contributed by atoms with E-state index in [2.05, 4.69) is 39.2 Å². The molecule has 1 N–H and O–H groups in total. The number of carbonyl (C=O) groups excluding carboxylic acids is 2.